The first-order valence-electron chi connectivity index (χ1n) is 8.09. The second-order valence-corrected chi connectivity index (χ2v) is 6.14. The van der Waals surface area contributed by atoms with Gasteiger partial charge in [-0.1, -0.05) is 12.1 Å². The number of aromatic nitrogens is 2. The first kappa shape index (κ1) is 15.3. The van der Waals surface area contributed by atoms with Crippen molar-refractivity contribution in [2.75, 3.05) is 17.2 Å². The number of Topliss-reactive ketones (excluding diaryl/α,β-unsaturated/α-hetero) is 1. The van der Waals surface area contributed by atoms with Gasteiger partial charge in [-0.2, -0.15) is 0 Å². The summed E-state index contributed by atoms with van der Waals surface area (Å²) in [5, 5.41) is 2.56. The quantitative estimate of drug-likeness (QED) is 0.483. The first-order chi connectivity index (χ1) is 12.1. The zero-order chi connectivity index (χ0) is 17.4. The third kappa shape index (κ3) is 2.96. The van der Waals surface area contributed by atoms with Crippen molar-refractivity contribution in [1.82, 2.24) is 15.3 Å². The van der Waals surface area contributed by atoms with Crippen molar-refractivity contribution in [3.05, 3.63) is 53.0 Å². The van der Waals surface area contributed by atoms with Gasteiger partial charge in [-0.15, -0.1) is 0 Å². The molecule has 1 aromatic heterocycles. The maximum atomic E-state index is 11.7. The number of carbonyl (C=O) groups is 2. The summed E-state index contributed by atoms with van der Waals surface area (Å²) in [6.07, 6.45) is 3.98. The Balaban J connectivity index is 1.59. The highest BCUT2D eigenvalue weighted by Gasteiger charge is 2.24. The van der Waals surface area contributed by atoms with Crippen LogP contribution < -0.4 is 16.0 Å². The van der Waals surface area contributed by atoms with Crippen LogP contribution in [0.3, 0.4) is 0 Å². The number of ketones is 1. The van der Waals surface area contributed by atoms with Crippen LogP contribution in [-0.4, -0.2) is 28.2 Å². The molecule has 3 N–H and O–H groups in total. The van der Waals surface area contributed by atoms with Crippen LogP contribution in [0.4, 0.5) is 11.6 Å². The summed E-state index contributed by atoms with van der Waals surface area (Å²) in [5.41, 5.74) is 10.1. The van der Waals surface area contributed by atoms with E-state index in [0.717, 1.165) is 18.7 Å². The van der Waals surface area contributed by atoms with Crippen molar-refractivity contribution in [2.24, 2.45) is 0 Å². The SMILES string of the molecule is Nc1cccc2c1CCN(c1nccc(/C=C3\NC(=O)CC3=O)n1)C2. The van der Waals surface area contributed by atoms with Crippen LogP contribution in [0, 0.1) is 0 Å². The van der Waals surface area contributed by atoms with Crippen LogP contribution in [0.5, 0.6) is 0 Å². The number of hydrogen-bond donors (Lipinski definition) is 2. The minimum absolute atomic E-state index is 0.103. The molecule has 4 rings (SSSR count). The Labute approximate surface area is 144 Å². The largest absolute Gasteiger partial charge is 0.398 e. The number of carbonyl (C=O) groups excluding carboxylic acids is 2. The van der Waals surface area contributed by atoms with Crippen LogP contribution in [0.2, 0.25) is 0 Å². The summed E-state index contributed by atoms with van der Waals surface area (Å²) in [6.45, 7) is 1.47. The molecule has 7 heteroatoms. The lowest BCUT2D eigenvalue weighted by Gasteiger charge is -2.29. The summed E-state index contributed by atoms with van der Waals surface area (Å²) in [4.78, 5) is 34.0. The third-order valence-electron chi connectivity index (χ3n) is 4.44. The van der Waals surface area contributed by atoms with Gasteiger partial charge in [0.1, 0.15) is 0 Å². The van der Waals surface area contributed by atoms with Crippen molar-refractivity contribution >= 4 is 29.4 Å². The fourth-order valence-corrected chi connectivity index (χ4v) is 3.17. The number of fused-ring (bicyclic) bond motifs is 1. The monoisotopic (exact) mass is 335 g/mol. The van der Waals surface area contributed by atoms with E-state index in [1.54, 1.807) is 18.3 Å². The van der Waals surface area contributed by atoms with E-state index in [2.05, 4.69) is 26.3 Å². The van der Waals surface area contributed by atoms with Crippen LogP contribution in [-0.2, 0) is 22.6 Å². The molecule has 1 fully saturated rings. The van der Waals surface area contributed by atoms with E-state index in [4.69, 9.17) is 5.73 Å². The molecular weight excluding hydrogens is 318 g/mol. The number of nitrogens with zero attached hydrogens (tertiary/aromatic N) is 3. The Hall–Kier alpha value is -3.22. The van der Waals surface area contributed by atoms with Crippen LogP contribution in [0.25, 0.3) is 6.08 Å². The number of rotatable bonds is 2. The maximum Gasteiger partial charge on any atom is 0.232 e. The topological polar surface area (TPSA) is 101 Å². The fourth-order valence-electron chi connectivity index (χ4n) is 3.17. The van der Waals surface area contributed by atoms with Gasteiger partial charge in [-0.25, -0.2) is 9.97 Å². The Kier molecular flexibility index (Phi) is 3.68. The highest BCUT2D eigenvalue weighted by atomic mass is 16.2. The Bertz CT molecular complexity index is 906. The van der Waals surface area contributed by atoms with Crippen LogP contribution in [0.15, 0.2) is 36.2 Å². The number of nitrogen functional groups attached to an aromatic ring is 1. The number of benzene rings is 1. The average Bonchev–Trinajstić information content (AvgIpc) is 2.92. The van der Waals surface area contributed by atoms with Crippen molar-refractivity contribution in [1.29, 1.82) is 0 Å². The second kappa shape index (κ2) is 6.01. The molecule has 0 unspecified atom stereocenters. The number of anilines is 2. The molecule has 0 saturated carbocycles. The van der Waals surface area contributed by atoms with E-state index in [1.165, 1.54) is 11.1 Å². The van der Waals surface area contributed by atoms with Crippen LogP contribution >= 0.6 is 0 Å². The number of amides is 1. The lowest BCUT2D eigenvalue weighted by atomic mass is 9.98. The van der Waals surface area contributed by atoms with E-state index < -0.39 is 0 Å². The van der Waals surface area contributed by atoms with E-state index in [-0.39, 0.29) is 23.8 Å². The molecule has 0 radical (unpaired) electrons. The standard InChI is InChI=1S/C18H17N5O2/c19-14-3-1-2-11-10-23(7-5-13(11)14)18-20-6-4-12(21-18)8-15-16(24)9-17(25)22-15/h1-4,6,8H,5,7,9-10,19H2,(H,22,25)/b15-8-. The van der Waals surface area contributed by atoms with Crippen molar-refractivity contribution in [2.45, 2.75) is 19.4 Å². The second-order valence-electron chi connectivity index (χ2n) is 6.14. The summed E-state index contributed by atoms with van der Waals surface area (Å²) < 4.78 is 0. The number of nitrogens with one attached hydrogen (secondary N) is 1. The summed E-state index contributed by atoms with van der Waals surface area (Å²) in [6, 6.07) is 7.65. The van der Waals surface area contributed by atoms with Gasteiger partial charge in [0.05, 0.1) is 17.8 Å². The molecule has 25 heavy (non-hydrogen) atoms. The Morgan fingerprint density at radius 1 is 1.24 bits per heavy atom. The third-order valence-corrected chi connectivity index (χ3v) is 4.44. The minimum Gasteiger partial charge on any atom is -0.398 e. The lowest BCUT2D eigenvalue weighted by Crippen LogP contribution is -2.32. The highest BCUT2D eigenvalue weighted by Crippen LogP contribution is 2.26. The molecule has 3 heterocycles. The van der Waals surface area contributed by atoms with Crippen molar-refractivity contribution in [3.8, 4) is 0 Å². The Morgan fingerprint density at radius 2 is 2.12 bits per heavy atom. The van der Waals surface area contributed by atoms with Crippen molar-refractivity contribution in [3.63, 3.8) is 0 Å². The van der Waals surface area contributed by atoms with Gasteiger partial charge in [0.15, 0.2) is 5.78 Å². The molecule has 1 saturated heterocycles. The normalized spacial score (nSPS) is 18.4. The van der Waals surface area contributed by atoms with Gasteiger partial charge in [-0.05, 0) is 35.8 Å². The summed E-state index contributed by atoms with van der Waals surface area (Å²) >= 11 is 0. The molecule has 0 spiro atoms. The van der Waals surface area contributed by atoms with E-state index in [1.807, 2.05) is 12.1 Å². The van der Waals surface area contributed by atoms with Gasteiger partial charge >= 0.3 is 0 Å². The van der Waals surface area contributed by atoms with Gasteiger partial charge in [-0.3, -0.25) is 9.59 Å². The fraction of sp³-hybridized carbons (Fsp3) is 0.222. The molecule has 1 aromatic carbocycles. The minimum atomic E-state index is -0.282. The predicted octanol–water partition coefficient (Wildman–Crippen LogP) is 1.05. The van der Waals surface area contributed by atoms with Crippen molar-refractivity contribution < 1.29 is 9.59 Å². The zero-order valence-electron chi connectivity index (χ0n) is 13.5. The van der Waals surface area contributed by atoms with Gasteiger partial charge < -0.3 is 16.0 Å². The molecule has 0 aliphatic carbocycles. The lowest BCUT2D eigenvalue weighted by molar-refractivity contribution is -0.121. The number of allylic oxidation sites excluding steroid dienone is 1. The van der Waals surface area contributed by atoms with Crippen LogP contribution in [0.1, 0.15) is 23.2 Å². The molecule has 126 valence electrons. The van der Waals surface area contributed by atoms with Gasteiger partial charge in [0.25, 0.3) is 0 Å². The Morgan fingerprint density at radius 3 is 2.92 bits per heavy atom. The molecule has 0 bridgehead atoms. The van der Waals surface area contributed by atoms with E-state index >= 15 is 0 Å². The average molecular weight is 335 g/mol. The number of nitrogens with two attached hydrogens (primary N) is 1. The molecule has 0 atom stereocenters. The molecule has 7 nitrogen and oxygen atoms in total. The zero-order valence-corrected chi connectivity index (χ0v) is 13.5. The summed E-state index contributed by atoms with van der Waals surface area (Å²) in [5.74, 6) is 0.0995. The first-order valence-corrected chi connectivity index (χ1v) is 8.09. The molecule has 2 aromatic rings. The highest BCUT2D eigenvalue weighted by molar-refractivity contribution is 6.16. The van der Waals surface area contributed by atoms with Gasteiger partial charge in [0.2, 0.25) is 11.9 Å². The van der Waals surface area contributed by atoms with E-state index in [9.17, 15) is 9.59 Å². The molecule has 2 aliphatic heterocycles. The van der Waals surface area contributed by atoms with E-state index in [0.29, 0.717) is 18.2 Å². The molecular formula is C18H17N5O2. The maximum absolute atomic E-state index is 11.7. The molecule has 1 amide bonds. The molecule has 2 aliphatic rings. The smallest absolute Gasteiger partial charge is 0.232 e. The summed E-state index contributed by atoms with van der Waals surface area (Å²) in [7, 11) is 0. The van der Waals surface area contributed by atoms with Gasteiger partial charge in [0, 0.05) is 25.0 Å². The predicted molar refractivity (Wildman–Crippen MR) is 93.4 cm³/mol. The number of hydrogen-bond acceptors (Lipinski definition) is 6.